The minimum atomic E-state index is 0.581. The number of fused-ring (bicyclic) bond motifs is 1. The molecule has 0 amide bonds. The van der Waals surface area contributed by atoms with Gasteiger partial charge in [-0.1, -0.05) is 0 Å². The van der Waals surface area contributed by atoms with E-state index in [4.69, 9.17) is 4.74 Å². The first-order valence-corrected chi connectivity index (χ1v) is 3.32. The van der Waals surface area contributed by atoms with E-state index in [0.29, 0.717) is 6.10 Å². The Morgan fingerprint density at radius 1 is 1.50 bits per heavy atom. The highest BCUT2D eigenvalue weighted by Gasteiger charge is 2.38. The summed E-state index contributed by atoms with van der Waals surface area (Å²) >= 11 is 0. The summed E-state index contributed by atoms with van der Waals surface area (Å²) < 4.78 is 5.41. The molecular formula is C6H11NO. The van der Waals surface area contributed by atoms with Gasteiger partial charge < -0.3 is 10.1 Å². The Morgan fingerprint density at radius 3 is 3.50 bits per heavy atom. The smallest absolute Gasteiger partial charge is 0.0744 e. The van der Waals surface area contributed by atoms with E-state index < -0.39 is 0 Å². The maximum absolute atomic E-state index is 5.41. The van der Waals surface area contributed by atoms with E-state index in [9.17, 15) is 0 Å². The molecule has 46 valence electrons. The molecule has 2 aliphatic rings. The number of rotatable bonds is 0. The molecule has 1 aliphatic heterocycles. The third-order valence-electron chi connectivity index (χ3n) is 1.79. The van der Waals surface area contributed by atoms with Gasteiger partial charge in [-0.3, -0.25) is 0 Å². The lowest BCUT2D eigenvalue weighted by atomic mass is 10.4. The van der Waals surface area contributed by atoms with Crippen LogP contribution in [0.15, 0.2) is 0 Å². The lowest BCUT2D eigenvalue weighted by Gasteiger charge is -1.94. The van der Waals surface area contributed by atoms with Crippen LogP contribution in [0.25, 0.3) is 0 Å². The molecule has 8 heavy (non-hydrogen) atoms. The van der Waals surface area contributed by atoms with E-state index >= 15 is 0 Å². The van der Waals surface area contributed by atoms with Gasteiger partial charge in [-0.05, 0) is 19.4 Å². The summed E-state index contributed by atoms with van der Waals surface area (Å²) in [5.41, 5.74) is 0. The number of nitrogens with one attached hydrogen (secondary N) is 1. The molecule has 2 nitrogen and oxygen atoms in total. The van der Waals surface area contributed by atoms with Crippen molar-refractivity contribution < 1.29 is 4.74 Å². The Bertz CT molecular complexity index is 84.5. The van der Waals surface area contributed by atoms with Crippen LogP contribution in [0.3, 0.4) is 0 Å². The molecular weight excluding hydrogens is 102 g/mol. The lowest BCUT2D eigenvalue weighted by molar-refractivity contribution is 0.123. The van der Waals surface area contributed by atoms with Gasteiger partial charge in [0.1, 0.15) is 0 Å². The zero-order chi connectivity index (χ0) is 5.40. The fourth-order valence-electron chi connectivity index (χ4n) is 1.17. The van der Waals surface area contributed by atoms with Crippen molar-refractivity contribution >= 4 is 0 Å². The molecule has 1 saturated carbocycles. The van der Waals surface area contributed by atoms with Crippen LogP contribution in [0.4, 0.5) is 0 Å². The molecule has 0 spiro atoms. The SMILES string of the molecule is C1CN[C@@H]2C[C@@H]2OC1. The maximum Gasteiger partial charge on any atom is 0.0744 e. The maximum atomic E-state index is 5.41. The van der Waals surface area contributed by atoms with E-state index in [2.05, 4.69) is 5.32 Å². The third-order valence-corrected chi connectivity index (χ3v) is 1.79. The van der Waals surface area contributed by atoms with E-state index in [1.165, 1.54) is 12.8 Å². The summed E-state index contributed by atoms with van der Waals surface area (Å²) in [6.07, 6.45) is 3.02. The van der Waals surface area contributed by atoms with Gasteiger partial charge >= 0.3 is 0 Å². The van der Waals surface area contributed by atoms with E-state index in [-0.39, 0.29) is 0 Å². The number of ether oxygens (including phenoxy) is 1. The minimum Gasteiger partial charge on any atom is -0.376 e. The first-order chi connectivity index (χ1) is 3.97. The molecule has 1 aliphatic carbocycles. The van der Waals surface area contributed by atoms with Gasteiger partial charge in [-0.2, -0.15) is 0 Å². The van der Waals surface area contributed by atoms with Crippen molar-refractivity contribution in [2.75, 3.05) is 13.2 Å². The summed E-state index contributed by atoms with van der Waals surface area (Å²) in [7, 11) is 0. The van der Waals surface area contributed by atoms with Crippen molar-refractivity contribution in [3.8, 4) is 0 Å². The van der Waals surface area contributed by atoms with Crippen LogP contribution in [0.5, 0.6) is 0 Å². The zero-order valence-electron chi connectivity index (χ0n) is 4.89. The fraction of sp³-hybridized carbons (Fsp3) is 1.00. The summed E-state index contributed by atoms with van der Waals surface area (Å²) in [4.78, 5) is 0. The summed E-state index contributed by atoms with van der Waals surface area (Å²) in [6, 6.07) is 0.720. The molecule has 0 unspecified atom stereocenters. The van der Waals surface area contributed by atoms with Gasteiger partial charge in [-0.25, -0.2) is 0 Å². The second kappa shape index (κ2) is 1.71. The van der Waals surface area contributed by atoms with Crippen LogP contribution in [-0.2, 0) is 4.74 Å². The van der Waals surface area contributed by atoms with E-state index in [0.717, 1.165) is 19.2 Å². The van der Waals surface area contributed by atoms with Crippen molar-refractivity contribution in [2.24, 2.45) is 0 Å². The van der Waals surface area contributed by atoms with Crippen molar-refractivity contribution in [2.45, 2.75) is 25.0 Å². The molecule has 1 saturated heterocycles. The Labute approximate surface area is 49.2 Å². The van der Waals surface area contributed by atoms with Gasteiger partial charge in [0.2, 0.25) is 0 Å². The second-order valence-corrected chi connectivity index (χ2v) is 2.56. The van der Waals surface area contributed by atoms with Gasteiger partial charge in [0.05, 0.1) is 6.10 Å². The average molecular weight is 113 g/mol. The normalized spacial score (nSPS) is 45.0. The molecule has 2 atom stereocenters. The fourth-order valence-corrected chi connectivity index (χ4v) is 1.17. The summed E-state index contributed by atoms with van der Waals surface area (Å²) in [5, 5.41) is 3.39. The van der Waals surface area contributed by atoms with Crippen molar-refractivity contribution in [3.05, 3.63) is 0 Å². The first kappa shape index (κ1) is 4.77. The molecule has 2 heteroatoms. The van der Waals surface area contributed by atoms with Gasteiger partial charge in [-0.15, -0.1) is 0 Å². The van der Waals surface area contributed by atoms with Crippen LogP contribution in [0.1, 0.15) is 12.8 Å². The monoisotopic (exact) mass is 113 g/mol. The molecule has 2 fully saturated rings. The summed E-state index contributed by atoms with van der Waals surface area (Å²) in [5.74, 6) is 0. The van der Waals surface area contributed by atoms with Gasteiger partial charge in [0.15, 0.2) is 0 Å². The molecule has 1 heterocycles. The molecule has 0 radical (unpaired) electrons. The Morgan fingerprint density at radius 2 is 2.50 bits per heavy atom. The largest absolute Gasteiger partial charge is 0.376 e. The van der Waals surface area contributed by atoms with Crippen molar-refractivity contribution in [1.29, 1.82) is 0 Å². The Kier molecular flexibility index (Phi) is 1.02. The molecule has 0 aromatic heterocycles. The highest BCUT2D eigenvalue weighted by molar-refractivity contribution is 4.95. The van der Waals surface area contributed by atoms with E-state index in [1.54, 1.807) is 0 Å². The number of hydrogen-bond acceptors (Lipinski definition) is 2. The van der Waals surface area contributed by atoms with Crippen molar-refractivity contribution in [1.82, 2.24) is 5.32 Å². The first-order valence-electron chi connectivity index (χ1n) is 3.32. The minimum absolute atomic E-state index is 0.581. The van der Waals surface area contributed by atoms with Crippen molar-refractivity contribution in [3.63, 3.8) is 0 Å². The Balaban J connectivity index is 1.89. The highest BCUT2D eigenvalue weighted by Crippen LogP contribution is 2.26. The lowest BCUT2D eigenvalue weighted by Crippen LogP contribution is -2.18. The predicted molar refractivity (Wildman–Crippen MR) is 30.8 cm³/mol. The average Bonchev–Trinajstić information content (AvgIpc) is 2.36. The zero-order valence-corrected chi connectivity index (χ0v) is 4.89. The quantitative estimate of drug-likeness (QED) is 0.482. The van der Waals surface area contributed by atoms with Crippen LogP contribution in [-0.4, -0.2) is 25.3 Å². The standard InChI is InChI=1S/C6H11NO/c1-2-7-5-4-6(5)8-3-1/h5-7H,1-4H2/t5-,6+/m1/s1. The molecule has 0 bridgehead atoms. The molecule has 0 aromatic carbocycles. The van der Waals surface area contributed by atoms with Crippen LogP contribution in [0.2, 0.25) is 0 Å². The van der Waals surface area contributed by atoms with Crippen LogP contribution in [0, 0.1) is 0 Å². The van der Waals surface area contributed by atoms with Crippen LogP contribution < -0.4 is 5.32 Å². The van der Waals surface area contributed by atoms with Gasteiger partial charge in [0.25, 0.3) is 0 Å². The molecule has 0 aromatic rings. The highest BCUT2D eigenvalue weighted by atomic mass is 16.5. The molecule has 1 N–H and O–H groups in total. The van der Waals surface area contributed by atoms with Gasteiger partial charge in [0, 0.05) is 12.6 Å². The van der Waals surface area contributed by atoms with Crippen LogP contribution >= 0.6 is 0 Å². The second-order valence-electron chi connectivity index (χ2n) is 2.56. The topological polar surface area (TPSA) is 21.3 Å². The Hall–Kier alpha value is -0.0800. The third kappa shape index (κ3) is 0.740. The molecule has 2 rings (SSSR count). The summed E-state index contributed by atoms with van der Waals surface area (Å²) in [6.45, 7) is 2.12. The van der Waals surface area contributed by atoms with E-state index in [1.807, 2.05) is 0 Å². The number of hydrogen-bond donors (Lipinski definition) is 1. The predicted octanol–water partition coefficient (Wildman–Crippen LogP) is 0.137.